The van der Waals surface area contributed by atoms with Crippen LogP contribution < -0.4 is 9.46 Å². The largest absolute Gasteiger partial charge is 0.496 e. The molecule has 1 saturated heterocycles. The van der Waals surface area contributed by atoms with Crippen molar-refractivity contribution in [1.82, 2.24) is 9.62 Å². The summed E-state index contributed by atoms with van der Waals surface area (Å²) in [4.78, 5) is 14.8. The zero-order valence-corrected chi connectivity index (χ0v) is 19.9. The molecule has 31 heavy (non-hydrogen) atoms. The number of likely N-dealkylation sites (tertiary alicyclic amines) is 1. The molecule has 0 saturated carbocycles. The van der Waals surface area contributed by atoms with Gasteiger partial charge in [-0.1, -0.05) is 23.7 Å². The zero-order chi connectivity index (χ0) is 22.3. The average molecular weight is 483 g/mol. The van der Waals surface area contributed by atoms with Gasteiger partial charge in [0, 0.05) is 36.2 Å². The normalized spacial score (nSPS) is 14.5. The number of thioether (sulfide) groups is 1. The Kier molecular flexibility index (Phi) is 8.66. The SMILES string of the molecule is COc1ccc(S(=O)(=O)NCCSCc2cccc(Cl)c2)cc1C(=O)N1CCCCC1. The van der Waals surface area contributed by atoms with Crippen molar-refractivity contribution in [2.45, 2.75) is 29.9 Å². The first kappa shape index (κ1) is 23.9. The number of amides is 1. The van der Waals surface area contributed by atoms with E-state index < -0.39 is 10.0 Å². The molecule has 9 heteroatoms. The van der Waals surface area contributed by atoms with E-state index in [-0.39, 0.29) is 22.9 Å². The number of piperidine rings is 1. The topological polar surface area (TPSA) is 75.7 Å². The first-order valence-corrected chi connectivity index (χ1v) is 13.2. The van der Waals surface area contributed by atoms with Crippen molar-refractivity contribution >= 4 is 39.3 Å². The Labute approximate surface area is 193 Å². The molecule has 1 N–H and O–H groups in total. The van der Waals surface area contributed by atoms with E-state index in [1.165, 1.54) is 19.2 Å². The van der Waals surface area contributed by atoms with Crippen molar-refractivity contribution in [3.8, 4) is 5.75 Å². The molecule has 1 amide bonds. The highest BCUT2D eigenvalue weighted by atomic mass is 35.5. The summed E-state index contributed by atoms with van der Waals surface area (Å²) in [7, 11) is -2.26. The number of nitrogens with zero attached hydrogens (tertiary/aromatic N) is 1. The number of hydrogen-bond acceptors (Lipinski definition) is 5. The Bertz CT molecular complexity index is 1010. The van der Waals surface area contributed by atoms with Gasteiger partial charge in [-0.2, -0.15) is 11.8 Å². The molecule has 0 atom stereocenters. The summed E-state index contributed by atoms with van der Waals surface area (Å²) >= 11 is 7.60. The molecular formula is C22H27ClN2O4S2. The van der Waals surface area contributed by atoms with Crippen molar-refractivity contribution in [3.63, 3.8) is 0 Å². The van der Waals surface area contributed by atoms with E-state index in [0.29, 0.717) is 29.6 Å². The smallest absolute Gasteiger partial charge is 0.257 e. The number of ether oxygens (including phenoxy) is 1. The van der Waals surface area contributed by atoms with Gasteiger partial charge in [-0.15, -0.1) is 0 Å². The molecule has 0 unspecified atom stereocenters. The van der Waals surface area contributed by atoms with Crippen LogP contribution in [-0.2, 0) is 15.8 Å². The lowest BCUT2D eigenvalue weighted by atomic mass is 10.1. The average Bonchev–Trinajstić information content (AvgIpc) is 2.78. The highest BCUT2D eigenvalue weighted by Gasteiger charge is 2.24. The molecule has 3 rings (SSSR count). The minimum atomic E-state index is -3.73. The van der Waals surface area contributed by atoms with Crippen LogP contribution in [0.1, 0.15) is 35.2 Å². The third kappa shape index (κ3) is 6.62. The molecule has 1 heterocycles. The van der Waals surface area contributed by atoms with E-state index >= 15 is 0 Å². The fraction of sp³-hybridized carbons (Fsp3) is 0.409. The standard InChI is InChI=1S/C22H27ClN2O4S2/c1-29-21-9-8-19(15-20(21)22(26)25-11-3-2-4-12-25)31(27,28)24-10-13-30-16-17-6-5-7-18(23)14-17/h5-9,14-15,24H,2-4,10-13,16H2,1H3. The van der Waals surface area contributed by atoms with Crippen molar-refractivity contribution in [3.05, 3.63) is 58.6 Å². The van der Waals surface area contributed by atoms with Crippen LogP contribution in [0.5, 0.6) is 5.75 Å². The van der Waals surface area contributed by atoms with Crippen LogP contribution >= 0.6 is 23.4 Å². The van der Waals surface area contributed by atoms with Gasteiger partial charge in [-0.25, -0.2) is 13.1 Å². The maximum atomic E-state index is 12.9. The quantitative estimate of drug-likeness (QED) is 0.542. The van der Waals surface area contributed by atoms with Crippen LogP contribution in [0, 0.1) is 0 Å². The van der Waals surface area contributed by atoms with E-state index in [2.05, 4.69) is 4.72 Å². The second-order valence-corrected chi connectivity index (χ2v) is 10.6. The van der Waals surface area contributed by atoms with Crippen molar-refractivity contribution in [1.29, 1.82) is 0 Å². The van der Waals surface area contributed by atoms with Crippen LogP contribution in [0.2, 0.25) is 5.02 Å². The Morgan fingerprint density at radius 1 is 1.16 bits per heavy atom. The van der Waals surface area contributed by atoms with Gasteiger partial charge in [0.2, 0.25) is 10.0 Å². The molecule has 0 radical (unpaired) electrons. The van der Waals surface area contributed by atoms with Gasteiger partial charge >= 0.3 is 0 Å². The number of halogens is 1. The molecule has 1 aliphatic rings. The van der Waals surface area contributed by atoms with Gasteiger partial charge in [0.25, 0.3) is 5.91 Å². The monoisotopic (exact) mass is 482 g/mol. The number of methoxy groups -OCH3 is 1. The maximum Gasteiger partial charge on any atom is 0.257 e. The van der Waals surface area contributed by atoms with Gasteiger partial charge in [0.1, 0.15) is 5.75 Å². The van der Waals surface area contributed by atoms with Crippen LogP contribution in [0.15, 0.2) is 47.4 Å². The lowest BCUT2D eigenvalue weighted by molar-refractivity contribution is 0.0720. The number of benzene rings is 2. The van der Waals surface area contributed by atoms with Crippen molar-refractivity contribution < 1.29 is 17.9 Å². The second-order valence-electron chi connectivity index (χ2n) is 7.30. The summed E-state index contributed by atoms with van der Waals surface area (Å²) in [6.45, 7) is 1.65. The number of carbonyl (C=O) groups is 1. The van der Waals surface area contributed by atoms with Crippen molar-refractivity contribution in [2.75, 3.05) is 32.5 Å². The number of nitrogens with one attached hydrogen (secondary N) is 1. The lowest BCUT2D eigenvalue weighted by Gasteiger charge is -2.27. The molecular weight excluding hydrogens is 456 g/mol. The molecule has 6 nitrogen and oxygen atoms in total. The fourth-order valence-corrected chi connectivity index (χ4v) is 5.64. The van der Waals surface area contributed by atoms with Crippen LogP contribution in [0.25, 0.3) is 0 Å². The summed E-state index contributed by atoms with van der Waals surface area (Å²) in [5.74, 6) is 1.55. The zero-order valence-electron chi connectivity index (χ0n) is 17.5. The Morgan fingerprint density at radius 2 is 1.94 bits per heavy atom. The summed E-state index contributed by atoms with van der Waals surface area (Å²) < 4.78 is 33.4. The van der Waals surface area contributed by atoms with Crippen LogP contribution in [0.3, 0.4) is 0 Å². The Morgan fingerprint density at radius 3 is 2.65 bits per heavy atom. The Hall–Kier alpha value is -1.74. The van der Waals surface area contributed by atoms with E-state index in [1.54, 1.807) is 22.7 Å². The minimum Gasteiger partial charge on any atom is -0.496 e. The maximum absolute atomic E-state index is 12.9. The predicted molar refractivity (Wildman–Crippen MR) is 126 cm³/mol. The lowest BCUT2D eigenvalue weighted by Crippen LogP contribution is -2.36. The molecule has 2 aromatic rings. The predicted octanol–water partition coefficient (Wildman–Crippen LogP) is 4.19. The number of rotatable bonds is 9. The molecule has 0 bridgehead atoms. The summed E-state index contributed by atoms with van der Waals surface area (Å²) in [6, 6.07) is 12.0. The van der Waals surface area contributed by atoms with E-state index in [0.717, 1.165) is 30.6 Å². The summed E-state index contributed by atoms with van der Waals surface area (Å²) in [6.07, 6.45) is 3.02. The molecule has 2 aromatic carbocycles. The van der Waals surface area contributed by atoms with Gasteiger partial charge < -0.3 is 9.64 Å². The Balaban J connectivity index is 1.61. The third-order valence-electron chi connectivity index (χ3n) is 5.05. The summed E-state index contributed by atoms with van der Waals surface area (Å²) in [5, 5.41) is 0.688. The fourth-order valence-electron chi connectivity index (χ4n) is 3.44. The van der Waals surface area contributed by atoms with Gasteiger partial charge in [-0.05, 0) is 55.2 Å². The first-order valence-electron chi connectivity index (χ1n) is 10.2. The van der Waals surface area contributed by atoms with E-state index in [9.17, 15) is 13.2 Å². The van der Waals surface area contributed by atoms with Crippen LogP contribution in [-0.4, -0.2) is 51.7 Å². The van der Waals surface area contributed by atoms with E-state index in [4.69, 9.17) is 16.3 Å². The highest BCUT2D eigenvalue weighted by molar-refractivity contribution is 7.98. The first-order chi connectivity index (χ1) is 14.9. The number of carbonyl (C=O) groups excluding carboxylic acids is 1. The van der Waals surface area contributed by atoms with Gasteiger partial charge in [0.05, 0.1) is 17.6 Å². The molecule has 0 spiro atoms. The minimum absolute atomic E-state index is 0.0634. The highest BCUT2D eigenvalue weighted by Crippen LogP contribution is 2.25. The molecule has 0 aliphatic carbocycles. The van der Waals surface area contributed by atoms with Crippen LogP contribution in [0.4, 0.5) is 0 Å². The molecule has 0 aromatic heterocycles. The molecule has 1 fully saturated rings. The summed E-state index contributed by atoms with van der Waals surface area (Å²) in [5.41, 5.74) is 1.37. The number of hydrogen-bond donors (Lipinski definition) is 1. The van der Waals surface area contributed by atoms with Crippen molar-refractivity contribution in [2.24, 2.45) is 0 Å². The molecule has 168 valence electrons. The van der Waals surface area contributed by atoms with Gasteiger partial charge in [0.15, 0.2) is 0 Å². The van der Waals surface area contributed by atoms with Gasteiger partial charge in [-0.3, -0.25) is 4.79 Å². The number of sulfonamides is 1. The second kappa shape index (κ2) is 11.2. The third-order valence-corrected chi connectivity index (χ3v) is 7.78. The van der Waals surface area contributed by atoms with E-state index in [1.807, 2.05) is 24.3 Å². The molecule has 1 aliphatic heterocycles.